The molecule has 1 aromatic carbocycles. The highest BCUT2D eigenvalue weighted by Crippen LogP contribution is 2.33. The first-order chi connectivity index (χ1) is 7.75. The van der Waals surface area contributed by atoms with E-state index in [4.69, 9.17) is 5.11 Å². The predicted octanol–water partition coefficient (Wildman–Crippen LogP) is 1.82. The zero-order chi connectivity index (χ0) is 11.1. The molecular weight excluding hydrogens is 224 g/mol. The molecule has 82 valence electrons. The molecule has 1 aliphatic rings. The highest BCUT2D eigenvalue weighted by atomic mass is 32.1. The summed E-state index contributed by atoms with van der Waals surface area (Å²) in [5.41, 5.74) is 0. The van der Waals surface area contributed by atoms with E-state index < -0.39 is 5.97 Å². The second-order valence-corrected chi connectivity index (χ2v) is 4.75. The summed E-state index contributed by atoms with van der Waals surface area (Å²) in [5, 5.41) is 9.94. The molecule has 2 heterocycles. The van der Waals surface area contributed by atoms with Crippen LogP contribution in [0.2, 0.25) is 0 Å². The number of anilines is 1. The van der Waals surface area contributed by atoms with Crippen molar-refractivity contribution in [2.45, 2.75) is 0 Å². The van der Waals surface area contributed by atoms with Gasteiger partial charge >= 0.3 is 5.97 Å². The molecule has 3 rings (SSSR count). The van der Waals surface area contributed by atoms with Crippen molar-refractivity contribution < 1.29 is 9.90 Å². The Kier molecular flexibility index (Phi) is 2.07. The summed E-state index contributed by atoms with van der Waals surface area (Å²) in [6.45, 7) is 1.14. The Morgan fingerprint density at radius 2 is 2.19 bits per heavy atom. The van der Waals surface area contributed by atoms with Crippen LogP contribution in [0.25, 0.3) is 10.1 Å². The minimum atomic E-state index is -0.712. The van der Waals surface area contributed by atoms with Crippen LogP contribution in [-0.4, -0.2) is 28.5 Å². The third kappa shape index (κ3) is 1.36. The molecule has 16 heavy (non-hydrogen) atoms. The molecule has 0 bridgehead atoms. The van der Waals surface area contributed by atoms with Gasteiger partial charge in [-0.2, -0.15) is 4.37 Å². The Labute approximate surface area is 96.3 Å². The molecule has 1 N–H and O–H groups in total. The van der Waals surface area contributed by atoms with Crippen molar-refractivity contribution in [3.63, 3.8) is 0 Å². The quantitative estimate of drug-likeness (QED) is 0.861. The number of aliphatic carboxylic acids is 1. The molecule has 0 atom stereocenters. The molecule has 2 aromatic rings. The van der Waals surface area contributed by atoms with Gasteiger partial charge in [0, 0.05) is 18.5 Å². The van der Waals surface area contributed by atoms with E-state index in [0.29, 0.717) is 13.1 Å². The summed E-state index contributed by atoms with van der Waals surface area (Å²) in [5.74, 6) is -0.0191. The van der Waals surface area contributed by atoms with Gasteiger partial charge in [0.2, 0.25) is 0 Å². The fraction of sp³-hybridized carbons (Fsp3) is 0.273. The predicted molar refractivity (Wildman–Crippen MR) is 63.0 cm³/mol. The second kappa shape index (κ2) is 3.45. The Hall–Kier alpha value is -1.62. The number of fused-ring (bicyclic) bond motifs is 1. The number of benzene rings is 1. The Bertz CT molecular complexity index is 546. The summed E-state index contributed by atoms with van der Waals surface area (Å²) in [7, 11) is 0. The first kappa shape index (κ1) is 9.59. The third-order valence-corrected chi connectivity index (χ3v) is 3.71. The Morgan fingerprint density at radius 3 is 2.94 bits per heavy atom. The van der Waals surface area contributed by atoms with Crippen LogP contribution in [0.5, 0.6) is 0 Å². The first-order valence-electron chi connectivity index (χ1n) is 5.08. The van der Waals surface area contributed by atoms with Gasteiger partial charge < -0.3 is 10.0 Å². The van der Waals surface area contributed by atoms with Crippen LogP contribution >= 0.6 is 11.5 Å². The fourth-order valence-electron chi connectivity index (χ4n) is 1.91. The van der Waals surface area contributed by atoms with Gasteiger partial charge in [-0.3, -0.25) is 4.79 Å². The second-order valence-electron chi connectivity index (χ2n) is 3.94. The van der Waals surface area contributed by atoms with E-state index >= 15 is 0 Å². The number of hydrogen-bond donors (Lipinski definition) is 1. The molecule has 4 nitrogen and oxygen atoms in total. The molecule has 1 fully saturated rings. The summed E-state index contributed by atoms with van der Waals surface area (Å²) in [6.07, 6.45) is 0. The van der Waals surface area contributed by atoms with Gasteiger partial charge in [-0.25, -0.2) is 0 Å². The minimum Gasteiger partial charge on any atom is -0.481 e. The van der Waals surface area contributed by atoms with Gasteiger partial charge in [-0.1, -0.05) is 12.1 Å². The van der Waals surface area contributed by atoms with Crippen LogP contribution in [0.4, 0.5) is 5.82 Å². The third-order valence-electron chi connectivity index (χ3n) is 2.89. The number of carbonyl (C=O) groups is 1. The van der Waals surface area contributed by atoms with Gasteiger partial charge in [0.05, 0.1) is 10.6 Å². The lowest BCUT2D eigenvalue weighted by molar-refractivity contribution is -0.142. The summed E-state index contributed by atoms with van der Waals surface area (Å²) < 4.78 is 5.54. The molecule has 0 unspecified atom stereocenters. The van der Waals surface area contributed by atoms with Crippen molar-refractivity contribution >= 4 is 33.4 Å². The van der Waals surface area contributed by atoms with Crippen LogP contribution in [0.3, 0.4) is 0 Å². The lowest BCUT2D eigenvalue weighted by atomic mass is 10.0. The molecule has 0 spiro atoms. The van der Waals surface area contributed by atoms with Crippen LogP contribution in [-0.2, 0) is 4.79 Å². The molecule has 1 aromatic heterocycles. The normalized spacial score (nSPS) is 16.4. The highest BCUT2D eigenvalue weighted by Gasteiger charge is 2.34. The number of carboxylic acids is 1. The molecule has 0 amide bonds. The summed E-state index contributed by atoms with van der Waals surface area (Å²) in [6, 6.07) is 8.03. The van der Waals surface area contributed by atoms with Crippen LogP contribution in [0.15, 0.2) is 24.3 Å². The van der Waals surface area contributed by atoms with E-state index in [1.807, 2.05) is 29.2 Å². The van der Waals surface area contributed by atoms with E-state index in [2.05, 4.69) is 4.37 Å². The van der Waals surface area contributed by atoms with E-state index in [1.165, 1.54) is 11.5 Å². The van der Waals surface area contributed by atoms with E-state index in [1.54, 1.807) is 0 Å². The van der Waals surface area contributed by atoms with Crippen molar-refractivity contribution in [2.75, 3.05) is 18.0 Å². The molecule has 0 aliphatic carbocycles. The lowest BCUT2D eigenvalue weighted by Crippen LogP contribution is -2.50. The molecular formula is C11H10N2O2S. The smallest absolute Gasteiger partial charge is 0.310 e. The number of rotatable bonds is 2. The monoisotopic (exact) mass is 234 g/mol. The fourth-order valence-corrected chi connectivity index (χ4v) is 2.70. The minimum absolute atomic E-state index is 0.236. The van der Waals surface area contributed by atoms with Crippen molar-refractivity contribution in [2.24, 2.45) is 5.92 Å². The van der Waals surface area contributed by atoms with Crippen molar-refractivity contribution in [3.8, 4) is 0 Å². The largest absolute Gasteiger partial charge is 0.481 e. The van der Waals surface area contributed by atoms with Crippen LogP contribution in [0.1, 0.15) is 0 Å². The highest BCUT2D eigenvalue weighted by molar-refractivity contribution is 7.13. The molecule has 0 radical (unpaired) electrons. The average Bonchev–Trinajstić information content (AvgIpc) is 2.60. The number of carboxylic acid groups (broad SMARTS) is 1. The lowest BCUT2D eigenvalue weighted by Gasteiger charge is -2.37. The van der Waals surface area contributed by atoms with Gasteiger partial charge in [0.25, 0.3) is 0 Å². The van der Waals surface area contributed by atoms with Crippen molar-refractivity contribution in [3.05, 3.63) is 24.3 Å². The molecule has 0 saturated carbocycles. The summed E-state index contributed by atoms with van der Waals surface area (Å²) in [4.78, 5) is 12.7. The van der Waals surface area contributed by atoms with Gasteiger partial charge in [0.1, 0.15) is 5.82 Å². The van der Waals surface area contributed by atoms with Gasteiger partial charge in [0.15, 0.2) is 0 Å². The maximum Gasteiger partial charge on any atom is 0.310 e. The SMILES string of the molecule is O=C(O)C1CN(c2nsc3ccccc23)C1. The summed E-state index contributed by atoms with van der Waals surface area (Å²) >= 11 is 1.46. The molecule has 1 aliphatic heterocycles. The van der Waals surface area contributed by atoms with Crippen LogP contribution < -0.4 is 4.90 Å². The van der Waals surface area contributed by atoms with E-state index in [9.17, 15) is 4.79 Å². The maximum atomic E-state index is 10.7. The first-order valence-corrected chi connectivity index (χ1v) is 5.85. The standard InChI is InChI=1S/C11H10N2O2S/c14-11(15)7-5-13(6-7)10-8-3-1-2-4-9(8)16-12-10/h1-4,7H,5-6H2,(H,14,15). The zero-order valence-corrected chi connectivity index (χ0v) is 9.28. The number of hydrogen-bond acceptors (Lipinski definition) is 4. The molecule has 1 saturated heterocycles. The topological polar surface area (TPSA) is 53.4 Å². The van der Waals surface area contributed by atoms with Gasteiger partial charge in [-0.15, -0.1) is 0 Å². The molecule has 5 heteroatoms. The van der Waals surface area contributed by atoms with Gasteiger partial charge in [-0.05, 0) is 23.7 Å². The Morgan fingerprint density at radius 1 is 1.44 bits per heavy atom. The van der Waals surface area contributed by atoms with Crippen molar-refractivity contribution in [1.29, 1.82) is 0 Å². The average molecular weight is 234 g/mol. The number of nitrogens with zero attached hydrogens (tertiary/aromatic N) is 2. The maximum absolute atomic E-state index is 10.7. The van der Waals surface area contributed by atoms with E-state index in [0.717, 1.165) is 15.9 Å². The van der Waals surface area contributed by atoms with E-state index in [-0.39, 0.29) is 5.92 Å². The Balaban J connectivity index is 1.89. The number of aromatic nitrogens is 1. The van der Waals surface area contributed by atoms with Crippen LogP contribution in [0, 0.1) is 5.92 Å². The zero-order valence-electron chi connectivity index (χ0n) is 8.46. The van der Waals surface area contributed by atoms with Crippen molar-refractivity contribution in [1.82, 2.24) is 4.37 Å².